The number of nitrogens with one attached hydrogen (secondary N) is 2. The summed E-state index contributed by atoms with van der Waals surface area (Å²) in [6.45, 7) is -0.114. The van der Waals surface area contributed by atoms with E-state index in [-0.39, 0.29) is 12.5 Å². The van der Waals surface area contributed by atoms with E-state index in [1.54, 1.807) is 0 Å². The number of anilines is 1. The second kappa shape index (κ2) is 4.97. The van der Waals surface area contributed by atoms with Gasteiger partial charge in [0.25, 0.3) is 0 Å². The van der Waals surface area contributed by atoms with Crippen LogP contribution in [0.4, 0.5) is 5.69 Å². The molecular weight excluding hydrogens is 204 g/mol. The number of hydrogen-bond donors (Lipinski definition) is 3. The topological polar surface area (TPSA) is 61.4 Å². The van der Waals surface area contributed by atoms with Crippen molar-refractivity contribution in [3.63, 3.8) is 0 Å². The van der Waals surface area contributed by atoms with Crippen molar-refractivity contribution in [3.05, 3.63) is 29.3 Å². The quantitative estimate of drug-likeness (QED) is 0.665. The average molecular weight is 218 g/mol. The van der Waals surface area contributed by atoms with E-state index in [2.05, 4.69) is 17.4 Å². The molecule has 84 valence electrons. The van der Waals surface area contributed by atoms with Crippen LogP contribution in [0.15, 0.2) is 6.07 Å². The zero-order valence-electron chi connectivity index (χ0n) is 8.97. The molecule has 0 aromatic heterocycles. The molecule has 0 bridgehead atoms. The number of hydrogen-bond acceptors (Lipinski definition) is 3. The minimum absolute atomic E-state index is 0.114. The molecule has 4 nitrogen and oxygen atoms in total. The smallest absolute Gasteiger partial charge is 0.241 e. The van der Waals surface area contributed by atoms with E-state index in [0.29, 0.717) is 5.69 Å². The van der Waals surface area contributed by atoms with Crippen molar-refractivity contribution in [1.29, 1.82) is 0 Å². The Labute approximate surface area is 94.6 Å². The lowest BCUT2D eigenvalue weighted by Crippen LogP contribution is -2.26. The standard InChI is InChI=1S/C12H14N2O2/c15-12(8-13-16)14-11-7-3-5-9-4-1-2-6-10(9)11/h5,13,16H,1-2,4,6,8H2,(H,14,15). The third-order valence-corrected chi connectivity index (χ3v) is 2.76. The highest BCUT2D eigenvalue weighted by Gasteiger charge is 2.13. The van der Waals surface area contributed by atoms with Crippen LogP contribution in [0.1, 0.15) is 24.0 Å². The first-order valence-corrected chi connectivity index (χ1v) is 5.42. The van der Waals surface area contributed by atoms with Crippen molar-refractivity contribution in [1.82, 2.24) is 5.48 Å². The van der Waals surface area contributed by atoms with Crippen molar-refractivity contribution in [2.75, 3.05) is 11.9 Å². The van der Waals surface area contributed by atoms with Gasteiger partial charge in [-0.15, -0.1) is 0 Å². The second-order valence-electron chi connectivity index (χ2n) is 3.88. The Bertz CT molecular complexity index is 391. The number of hydroxylamine groups is 1. The predicted octanol–water partition coefficient (Wildman–Crippen LogP) is 1.08. The van der Waals surface area contributed by atoms with Crippen LogP contribution in [0, 0.1) is 12.1 Å². The van der Waals surface area contributed by atoms with Crippen molar-refractivity contribution in [3.8, 4) is 0 Å². The molecule has 0 aliphatic heterocycles. The maximum absolute atomic E-state index is 11.3. The third-order valence-electron chi connectivity index (χ3n) is 2.76. The van der Waals surface area contributed by atoms with Crippen LogP contribution >= 0.6 is 0 Å². The van der Waals surface area contributed by atoms with Gasteiger partial charge in [0, 0.05) is 0 Å². The van der Waals surface area contributed by atoms with E-state index in [1.807, 2.05) is 11.5 Å². The highest BCUT2D eigenvalue weighted by Crippen LogP contribution is 2.25. The fraction of sp³-hybridized carbons (Fsp3) is 0.417. The van der Waals surface area contributed by atoms with Crippen molar-refractivity contribution in [2.24, 2.45) is 0 Å². The van der Waals surface area contributed by atoms with Gasteiger partial charge in [0.05, 0.1) is 5.69 Å². The van der Waals surface area contributed by atoms with Gasteiger partial charge in [-0.3, -0.25) is 4.79 Å². The van der Waals surface area contributed by atoms with Crippen LogP contribution in [0.25, 0.3) is 0 Å². The number of carbonyl (C=O) groups excluding carboxylic acids is 1. The Morgan fingerprint density at radius 3 is 3.06 bits per heavy atom. The van der Waals surface area contributed by atoms with E-state index < -0.39 is 0 Å². The normalized spacial score (nSPS) is 13.8. The van der Waals surface area contributed by atoms with Gasteiger partial charge in [-0.2, -0.15) is 5.48 Å². The van der Waals surface area contributed by atoms with Crippen molar-refractivity contribution in [2.45, 2.75) is 25.7 Å². The largest absolute Gasteiger partial charge is 0.318 e. The molecule has 16 heavy (non-hydrogen) atoms. The van der Waals surface area contributed by atoms with Gasteiger partial charge in [0.1, 0.15) is 6.54 Å². The summed E-state index contributed by atoms with van der Waals surface area (Å²) in [7, 11) is 0. The van der Waals surface area contributed by atoms with Gasteiger partial charge >= 0.3 is 0 Å². The zero-order valence-corrected chi connectivity index (χ0v) is 8.97. The average Bonchev–Trinajstić information content (AvgIpc) is 2.30. The van der Waals surface area contributed by atoms with E-state index in [1.165, 1.54) is 12.0 Å². The molecule has 0 radical (unpaired) electrons. The fourth-order valence-electron chi connectivity index (χ4n) is 2.01. The van der Waals surface area contributed by atoms with Crippen LogP contribution in [-0.2, 0) is 17.6 Å². The lowest BCUT2D eigenvalue weighted by atomic mass is 9.91. The Kier molecular flexibility index (Phi) is 3.40. The van der Waals surface area contributed by atoms with Gasteiger partial charge < -0.3 is 10.5 Å². The molecule has 3 N–H and O–H groups in total. The van der Waals surface area contributed by atoms with E-state index >= 15 is 0 Å². The summed E-state index contributed by atoms with van der Waals surface area (Å²) in [6, 6.07) is 7.77. The second-order valence-corrected chi connectivity index (χ2v) is 3.88. The summed E-state index contributed by atoms with van der Waals surface area (Å²) < 4.78 is 0. The molecule has 0 fully saturated rings. The molecule has 0 unspecified atom stereocenters. The first-order valence-electron chi connectivity index (χ1n) is 5.42. The highest BCUT2D eigenvalue weighted by atomic mass is 16.5. The minimum atomic E-state index is -0.272. The summed E-state index contributed by atoms with van der Waals surface area (Å²) in [5.41, 5.74) is 4.95. The van der Waals surface area contributed by atoms with E-state index in [9.17, 15) is 4.79 Å². The molecule has 0 heterocycles. The molecule has 4 heteroatoms. The van der Waals surface area contributed by atoms with Gasteiger partial charge in [0.15, 0.2) is 0 Å². The number of aryl methyl sites for hydroxylation is 1. The van der Waals surface area contributed by atoms with Crippen molar-refractivity contribution < 1.29 is 10.0 Å². The summed E-state index contributed by atoms with van der Waals surface area (Å²) in [4.78, 5) is 11.3. The third kappa shape index (κ3) is 2.32. The first-order chi connectivity index (χ1) is 7.81. The molecular formula is C12H14N2O2. The van der Waals surface area contributed by atoms with Gasteiger partial charge in [-0.1, -0.05) is 6.07 Å². The first kappa shape index (κ1) is 10.9. The molecule has 2 rings (SSSR count). The van der Waals surface area contributed by atoms with Crippen LogP contribution in [-0.4, -0.2) is 17.7 Å². The Hall–Kier alpha value is -1.57. The van der Waals surface area contributed by atoms with Crippen LogP contribution in [0.2, 0.25) is 0 Å². The lowest BCUT2D eigenvalue weighted by molar-refractivity contribution is -0.116. The van der Waals surface area contributed by atoms with E-state index in [4.69, 9.17) is 5.21 Å². The number of carbonyl (C=O) groups is 1. The van der Waals surface area contributed by atoms with Crippen LogP contribution < -0.4 is 10.8 Å². The lowest BCUT2D eigenvalue weighted by Gasteiger charge is -2.17. The SMILES string of the molecule is O=C(CNO)Nc1c#ccc2c1CCCC2. The van der Waals surface area contributed by atoms with Crippen LogP contribution in [0.3, 0.4) is 0 Å². The Morgan fingerprint density at radius 2 is 2.25 bits per heavy atom. The zero-order chi connectivity index (χ0) is 11.4. The molecule has 1 amide bonds. The summed E-state index contributed by atoms with van der Waals surface area (Å²) >= 11 is 0. The highest BCUT2D eigenvalue weighted by molar-refractivity contribution is 5.92. The number of amides is 1. The molecule has 1 aromatic carbocycles. The summed E-state index contributed by atoms with van der Waals surface area (Å²) in [5, 5.41) is 11.1. The molecule has 1 aromatic rings. The van der Waals surface area contributed by atoms with Crippen molar-refractivity contribution >= 4 is 11.6 Å². The summed E-state index contributed by atoms with van der Waals surface area (Å²) in [5.74, 6) is -0.272. The molecule has 0 saturated heterocycles. The van der Waals surface area contributed by atoms with Gasteiger partial charge in [0.2, 0.25) is 5.91 Å². The van der Waals surface area contributed by atoms with E-state index in [0.717, 1.165) is 24.8 Å². The molecule has 1 aliphatic rings. The number of rotatable bonds is 3. The van der Waals surface area contributed by atoms with Crippen LogP contribution in [0.5, 0.6) is 0 Å². The summed E-state index contributed by atoms with van der Waals surface area (Å²) in [6.07, 6.45) is 4.35. The fourth-order valence-corrected chi connectivity index (χ4v) is 2.01. The predicted molar refractivity (Wildman–Crippen MR) is 59.2 cm³/mol. The molecule has 0 atom stereocenters. The Morgan fingerprint density at radius 1 is 1.44 bits per heavy atom. The van der Waals surface area contributed by atoms with Gasteiger partial charge in [-0.25, -0.2) is 0 Å². The maximum atomic E-state index is 11.3. The Balaban J connectivity index is 2.17. The molecule has 0 spiro atoms. The van der Waals surface area contributed by atoms with Gasteiger partial charge in [-0.05, 0) is 48.9 Å². The monoisotopic (exact) mass is 218 g/mol. The molecule has 1 aliphatic carbocycles. The minimum Gasteiger partial charge on any atom is -0.318 e. The number of fused-ring (bicyclic) bond motifs is 1. The molecule has 0 saturated carbocycles. The maximum Gasteiger partial charge on any atom is 0.241 e.